The van der Waals surface area contributed by atoms with Crippen molar-refractivity contribution in [1.29, 1.82) is 0 Å². The predicted octanol–water partition coefficient (Wildman–Crippen LogP) is 10.4. The van der Waals surface area contributed by atoms with Gasteiger partial charge in [-0.1, -0.05) is 78.9 Å². The van der Waals surface area contributed by atoms with Gasteiger partial charge in [0.2, 0.25) is 6.04 Å². The highest BCUT2D eigenvalue weighted by Gasteiger charge is 2.36. The molecule has 4 heteroatoms. The van der Waals surface area contributed by atoms with E-state index in [0.717, 1.165) is 17.1 Å². The van der Waals surface area contributed by atoms with E-state index in [1.807, 2.05) is 0 Å². The summed E-state index contributed by atoms with van der Waals surface area (Å²) in [5, 5.41) is 3.73. The van der Waals surface area contributed by atoms with Crippen LogP contribution in [0, 0.1) is 0 Å². The van der Waals surface area contributed by atoms with Gasteiger partial charge in [-0.3, -0.25) is 0 Å². The van der Waals surface area contributed by atoms with Crippen LogP contribution in [0.25, 0.3) is 44.1 Å². The van der Waals surface area contributed by atoms with E-state index in [1.54, 1.807) is 0 Å². The van der Waals surface area contributed by atoms with Crippen LogP contribution in [0.4, 0.5) is 17.1 Å². The lowest BCUT2D eigenvalue weighted by Gasteiger charge is -2.35. The number of fused-ring (bicyclic) bond motifs is 7. The van der Waals surface area contributed by atoms with Gasteiger partial charge in [-0.15, -0.1) is 0 Å². The molecule has 0 spiro atoms. The molecule has 0 aliphatic carbocycles. The lowest BCUT2D eigenvalue weighted by atomic mass is 9.89. The molecule has 4 heterocycles. The molecule has 0 atom stereocenters. The lowest BCUT2D eigenvalue weighted by Crippen LogP contribution is -2.42. The number of benzene rings is 6. The van der Waals surface area contributed by atoms with Crippen molar-refractivity contribution in [2.75, 3.05) is 4.90 Å². The second-order valence-electron chi connectivity index (χ2n) is 12.5. The molecule has 0 unspecified atom stereocenters. The van der Waals surface area contributed by atoms with Gasteiger partial charge in [-0.25, -0.2) is 0 Å². The summed E-state index contributed by atoms with van der Waals surface area (Å²) in [6.45, 7) is 0. The smallest absolute Gasteiger partial charge is 0.212 e. The van der Waals surface area contributed by atoms with Gasteiger partial charge < -0.3 is 14.0 Å². The van der Waals surface area contributed by atoms with Crippen LogP contribution in [-0.2, 0) is 0 Å². The Labute approximate surface area is 278 Å². The molecule has 0 saturated carbocycles. The molecule has 226 valence electrons. The van der Waals surface area contributed by atoms with Crippen molar-refractivity contribution < 1.29 is 4.57 Å². The van der Waals surface area contributed by atoms with Crippen molar-refractivity contribution in [3.05, 3.63) is 194 Å². The summed E-state index contributed by atoms with van der Waals surface area (Å²) < 4.78 is 7.07. The first-order valence-electron chi connectivity index (χ1n) is 16.5. The van der Waals surface area contributed by atoms with Crippen LogP contribution in [0.3, 0.4) is 0 Å². The maximum Gasteiger partial charge on any atom is 0.212 e. The molecule has 0 bridgehead atoms. The molecule has 0 N–H and O–H groups in total. The highest BCUT2D eigenvalue weighted by atomic mass is 15.2. The lowest BCUT2D eigenvalue weighted by molar-refractivity contribution is -0.704. The second-order valence-corrected chi connectivity index (χ2v) is 12.5. The fraction of sp³-hybridized carbons (Fsp3) is 0.0227. The number of para-hydroxylation sites is 4. The summed E-state index contributed by atoms with van der Waals surface area (Å²) in [5.41, 5.74) is 12.0. The standard InChI is InChI=1S/C44H31N4/c1-3-13-33(14-4-1)48-39-18-8-5-15-35(39)36-26-21-31-27-30-46(42(31)44(36)48)32-22-24-34(25-23-32)47-40-19-9-6-16-37(40)43(45-28-11-2-12-29-45)38-17-7-10-20-41(38)47/h1-30,43H/q+1. The Morgan fingerprint density at radius 2 is 1.06 bits per heavy atom. The van der Waals surface area contributed by atoms with Gasteiger partial charge in [0, 0.05) is 62.7 Å². The van der Waals surface area contributed by atoms with Crippen LogP contribution >= 0.6 is 0 Å². The molecule has 0 radical (unpaired) electrons. The zero-order valence-corrected chi connectivity index (χ0v) is 26.2. The Morgan fingerprint density at radius 1 is 0.438 bits per heavy atom. The molecular weight excluding hydrogens is 585 g/mol. The largest absolute Gasteiger partial charge is 0.315 e. The average molecular weight is 616 g/mol. The first-order valence-corrected chi connectivity index (χ1v) is 16.5. The summed E-state index contributed by atoms with van der Waals surface area (Å²) in [5.74, 6) is 0. The Balaban J connectivity index is 1.14. The molecule has 1 aliphatic rings. The summed E-state index contributed by atoms with van der Waals surface area (Å²) in [4.78, 5) is 2.41. The zero-order valence-electron chi connectivity index (χ0n) is 26.2. The molecule has 48 heavy (non-hydrogen) atoms. The normalized spacial score (nSPS) is 12.9. The summed E-state index contributed by atoms with van der Waals surface area (Å²) in [7, 11) is 0. The van der Waals surface area contributed by atoms with Crippen LogP contribution in [0.5, 0.6) is 0 Å². The molecule has 1 aliphatic heterocycles. The first kappa shape index (κ1) is 26.8. The zero-order chi connectivity index (χ0) is 31.6. The Hall–Kier alpha value is -6.39. The van der Waals surface area contributed by atoms with Gasteiger partial charge in [0.25, 0.3) is 0 Å². The van der Waals surface area contributed by atoms with Gasteiger partial charge in [0.05, 0.1) is 27.9 Å². The Kier molecular flexibility index (Phi) is 5.90. The Morgan fingerprint density at radius 3 is 1.81 bits per heavy atom. The third-order valence-corrected chi connectivity index (χ3v) is 9.87. The minimum atomic E-state index is 0.0964. The van der Waals surface area contributed by atoms with Crippen LogP contribution in [0.15, 0.2) is 182 Å². The monoisotopic (exact) mass is 615 g/mol. The van der Waals surface area contributed by atoms with Crippen molar-refractivity contribution in [3.8, 4) is 11.4 Å². The second kappa shape index (κ2) is 10.6. The topological polar surface area (TPSA) is 17.0 Å². The van der Waals surface area contributed by atoms with E-state index in [0.29, 0.717) is 0 Å². The van der Waals surface area contributed by atoms with Crippen LogP contribution in [0.2, 0.25) is 0 Å². The molecule has 6 aromatic carbocycles. The van der Waals surface area contributed by atoms with Gasteiger partial charge in [-0.05, 0) is 72.8 Å². The number of aromatic nitrogens is 3. The number of pyridine rings is 1. The third kappa shape index (κ3) is 3.93. The van der Waals surface area contributed by atoms with Crippen LogP contribution < -0.4 is 9.47 Å². The van der Waals surface area contributed by atoms with E-state index in [1.165, 1.54) is 55.2 Å². The molecule has 0 fully saturated rings. The first-order chi connectivity index (χ1) is 23.8. The van der Waals surface area contributed by atoms with Crippen LogP contribution in [-0.4, -0.2) is 9.13 Å². The van der Waals surface area contributed by atoms with Crippen molar-refractivity contribution >= 4 is 49.8 Å². The third-order valence-electron chi connectivity index (χ3n) is 9.87. The molecule has 4 nitrogen and oxygen atoms in total. The molecule has 3 aromatic heterocycles. The number of nitrogens with zero attached hydrogens (tertiary/aromatic N) is 4. The molecule has 0 saturated heterocycles. The summed E-state index contributed by atoms with van der Waals surface area (Å²) in [6.07, 6.45) is 6.54. The Bertz CT molecular complexity index is 2570. The van der Waals surface area contributed by atoms with Crippen LogP contribution in [0.1, 0.15) is 17.2 Å². The van der Waals surface area contributed by atoms with E-state index >= 15 is 0 Å². The van der Waals surface area contributed by atoms with Crippen molar-refractivity contribution in [3.63, 3.8) is 0 Å². The van der Waals surface area contributed by atoms with E-state index < -0.39 is 0 Å². The number of hydrogen-bond acceptors (Lipinski definition) is 1. The molecule has 0 amide bonds. The SMILES string of the molecule is c1ccc(-n2c3ccccc3c3ccc4ccn(-c5ccc(N6c7ccccc7C([n+]7ccccc7)c7ccccc76)cc5)c4c32)cc1. The number of hydrogen-bond donors (Lipinski definition) is 0. The molecule has 9 aromatic rings. The summed E-state index contributed by atoms with van der Waals surface area (Å²) >= 11 is 0. The minimum absolute atomic E-state index is 0.0964. The summed E-state index contributed by atoms with van der Waals surface area (Å²) in [6, 6.07) is 59.2. The van der Waals surface area contributed by atoms with E-state index in [9.17, 15) is 0 Å². The van der Waals surface area contributed by atoms with E-state index in [2.05, 4.69) is 201 Å². The predicted molar refractivity (Wildman–Crippen MR) is 196 cm³/mol. The van der Waals surface area contributed by atoms with Gasteiger partial charge in [0.1, 0.15) is 0 Å². The van der Waals surface area contributed by atoms with Gasteiger partial charge >= 0.3 is 0 Å². The average Bonchev–Trinajstić information content (AvgIpc) is 3.74. The van der Waals surface area contributed by atoms with Gasteiger partial charge in [-0.2, -0.15) is 4.57 Å². The van der Waals surface area contributed by atoms with Gasteiger partial charge in [0.15, 0.2) is 12.4 Å². The maximum absolute atomic E-state index is 2.42. The quantitative estimate of drug-likeness (QED) is 0.180. The van der Waals surface area contributed by atoms with Crippen molar-refractivity contribution in [2.45, 2.75) is 6.04 Å². The fourth-order valence-corrected chi connectivity index (χ4v) is 7.82. The number of anilines is 3. The highest BCUT2D eigenvalue weighted by Crippen LogP contribution is 2.48. The molecule has 10 rings (SSSR count). The van der Waals surface area contributed by atoms with Crippen molar-refractivity contribution in [2.24, 2.45) is 0 Å². The van der Waals surface area contributed by atoms with E-state index in [4.69, 9.17) is 0 Å². The van der Waals surface area contributed by atoms with Crippen molar-refractivity contribution in [1.82, 2.24) is 9.13 Å². The highest BCUT2D eigenvalue weighted by molar-refractivity contribution is 6.18. The molecular formula is C44H31N4+. The minimum Gasteiger partial charge on any atom is -0.315 e. The number of rotatable bonds is 4. The maximum atomic E-state index is 2.42. The fourth-order valence-electron chi connectivity index (χ4n) is 7.82. The van der Waals surface area contributed by atoms with E-state index in [-0.39, 0.29) is 6.04 Å².